The Morgan fingerprint density at radius 3 is 2.37 bits per heavy atom. The Kier molecular flexibility index (Phi) is 7.58. The number of aryl methyl sites for hydroxylation is 1. The first-order valence-electron chi connectivity index (χ1n) is 11.0. The molecule has 35 heavy (non-hydrogen) atoms. The summed E-state index contributed by atoms with van der Waals surface area (Å²) in [5.74, 6) is -0.895. The van der Waals surface area contributed by atoms with E-state index < -0.39 is 35.2 Å². The van der Waals surface area contributed by atoms with Gasteiger partial charge in [0.15, 0.2) is 6.10 Å². The van der Waals surface area contributed by atoms with Gasteiger partial charge in [0.05, 0.1) is 5.56 Å². The van der Waals surface area contributed by atoms with Gasteiger partial charge in [-0.2, -0.15) is 0 Å². The molecular weight excluding hydrogens is 452 g/mol. The smallest absolute Gasteiger partial charge is 0.338 e. The lowest BCUT2D eigenvalue weighted by atomic mass is 10.1. The fourth-order valence-corrected chi connectivity index (χ4v) is 3.17. The van der Waals surface area contributed by atoms with Crippen LogP contribution in [-0.4, -0.2) is 29.6 Å². The third kappa shape index (κ3) is 7.17. The average Bonchev–Trinajstić information content (AvgIpc) is 2.76. The topological polar surface area (TPSA) is 124 Å². The van der Waals surface area contributed by atoms with Crippen LogP contribution in [0.25, 0.3) is 11.0 Å². The number of urea groups is 1. The van der Waals surface area contributed by atoms with Crippen LogP contribution in [-0.2, 0) is 16.1 Å². The molecule has 0 bridgehead atoms. The van der Waals surface area contributed by atoms with Gasteiger partial charge in [0.2, 0.25) is 0 Å². The van der Waals surface area contributed by atoms with Gasteiger partial charge in [-0.25, -0.2) is 14.4 Å². The van der Waals surface area contributed by atoms with E-state index >= 15 is 0 Å². The van der Waals surface area contributed by atoms with E-state index in [9.17, 15) is 19.2 Å². The van der Waals surface area contributed by atoms with Crippen LogP contribution < -0.4 is 21.0 Å². The summed E-state index contributed by atoms with van der Waals surface area (Å²) in [6.45, 7) is 8.76. The predicted octanol–water partition coefficient (Wildman–Crippen LogP) is 3.85. The number of esters is 1. The van der Waals surface area contributed by atoms with Crippen LogP contribution in [0.2, 0.25) is 0 Å². The Labute approximate surface area is 202 Å². The van der Waals surface area contributed by atoms with E-state index in [1.807, 2.05) is 13.0 Å². The van der Waals surface area contributed by atoms with Crippen molar-refractivity contribution in [2.75, 3.05) is 0 Å². The fourth-order valence-electron chi connectivity index (χ4n) is 3.17. The largest absolute Gasteiger partial charge is 0.489 e. The van der Waals surface area contributed by atoms with Crippen molar-refractivity contribution < 1.29 is 28.3 Å². The maximum Gasteiger partial charge on any atom is 0.338 e. The summed E-state index contributed by atoms with van der Waals surface area (Å²) in [6.07, 6.45) is -1.16. The molecule has 0 spiro atoms. The quantitative estimate of drug-likeness (QED) is 0.406. The van der Waals surface area contributed by atoms with Crippen molar-refractivity contribution in [3.05, 3.63) is 75.6 Å². The summed E-state index contributed by atoms with van der Waals surface area (Å²) in [4.78, 5) is 47.9. The molecular formula is C26H28N2O7. The van der Waals surface area contributed by atoms with Crippen molar-refractivity contribution in [2.24, 2.45) is 0 Å². The van der Waals surface area contributed by atoms with Crippen LogP contribution in [0.1, 0.15) is 49.2 Å². The van der Waals surface area contributed by atoms with Crippen LogP contribution >= 0.6 is 0 Å². The number of benzene rings is 2. The molecule has 3 rings (SSSR count). The Morgan fingerprint density at radius 2 is 1.71 bits per heavy atom. The lowest BCUT2D eigenvalue weighted by Gasteiger charge is -2.21. The average molecular weight is 481 g/mol. The van der Waals surface area contributed by atoms with Crippen LogP contribution in [0.4, 0.5) is 4.79 Å². The fraction of sp³-hybridized carbons (Fsp3) is 0.308. The van der Waals surface area contributed by atoms with Crippen molar-refractivity contribution in [3.8, 4) is 5.75 Å². The van der Waals surface area contributed by atoms with Gasteiger partial charge in [-0.1, -0.05) is 12.1 Å². The van der Waals surface area contributed by atoms with E-state index in [4.69, 9.17) is 13.9 Å². The minimum absolute atomic E-state index is 0.221. The Morgan fingerprint density at radius 1 is 1.03 bits per heavy atom. The normalized spacial score (nSPS) is 12.0. The van der Waals surface area contributed by atoms with Gasteiger partial charge in [0, 0.05) is 23.1 Å². The summed E-state index contributed by atoms with van der Waals surface area (Å²) in [5, 5.41) is 5.57. The zero-order valence-corrected chi connectivity index (χ0v) is 20.3. The molecule has 0 fully saturated rings. The van der Waals surface area contributed by atoms with Crippen LogP contribution in [0.15, 0.2) is 57.7 Å². The molecule has 2 N–H and O–H groups in total. The van der Waals surface area contributed by atoms with E-state index in [0.29, 0.717) is 11.3 Å². The first-order valence-corrected chi connectivity index (χ1v) is 11.0. The summed E-state index contributed by atoms with van der Waals surface area (Å²) < 4.78 is 16.2. The molecule has 3 aromatic rings. The van der Waals surface area contributed by atoms with Gasteiger partial charge in [0.25, 0.3) is 5.91 Å². The molecule has 0 saturated carbocycles. The van der Waals surface area contributed by atoms with Gasteiger partial charge < -0.3 is 19.2 Å². The number of carbonyl (C=O) groups is 3. The lowest BCUT2D eigenvalue weighted by Crippen LogP contribution is -2.50. The number of fused-ring (bicyclic) bond motifs is 1. The van der Waals surface area contributed by atoms with Crippen molar-refractivity contribution in [3.63, 3.8) is 0 Å². The number of carbonyl (C=O) groups excluding carboxylic acids is 3. The minimum atomic E-state index is -1.16. The SMILES string of the molecule is Cc1cc(=O)oc2cc(OCc3ccc(C(=O)OC(C)C(=O)NC(=O)NC(C)(C)C)cc3)ccc12. The highest BCUT2D eigenvalue weighted by Crippen LogP contribution is 2.23. The molecule has 1 atom stereocenters. The van der Waals surface area contributed by atoms with Crippen molar-refractivity contribution in [2.45, 2.75) is 52.9 Å². The maximum atomic E-state index is 12.4. The summed E-state index contributed by atoms with van der Waals surface area (Å²) in [6, 6.07) is 12.5. The van der Waals surface area contributed by atoms with Crippen LogP contribution in [0, 0.1) is 6.92 Å². The van der Waals surface area contributed by atoms with E-state index in [0.717, 1.165) is 16.5 Å². The Bertz CT molecular complexity index is 1300. The number of ether oxygens (including phenoxy) is 2. The van der Waals surface area contributed by atoms with E-state index in [2.05, 4.69) is 10.6 Å². The third-order valence-corrected chi connectivity index (χ3v) is 4.90. The molecule has 1 heterocycles. The highest BCUT2D eigenvalue weighted by atomic mass is 16.5. The molecule has 0 saturated heterocycles. The molecule has 1 aromatic heterocycles. The molecule has 0 radical (unpaired) electrons. The second-order valence-electron chi connectivity index (χ2n) is 9.13. The van der Waals surface area contributed by atoms with Crippen LogP contribution in [0.5, 0.6) is 5.75 Å². The molecule has 3 amide bonds. The summed E-state index contributed by atoms with van der Waals surface area (Å²) >= 11 is 0. The Balaban J connectivity index is 1.55. The van der Waals surface area contributed by atoms with E-state index in [1.165, 1.54) is 13.0 Å². The molecule has 0 aliphatic carbocycles. The predicted molar refractivity (Wildman–Crippen MR) is 129 cm³/mol. The highest BCUT2D eigenvalue weighted by Gasteiger charge is 2.22. The van der Waals surface area contributed by atoms with E-state index in [1.54, 1.807) is 57.2 Å². The minimum Gasteiger partial charge on any atom is -0.489 e. The van der Waals surface area contributed by atoms with Gasteiger partial charge in [-0.3, -0.25) is 10.1 Å². The second kappa shape index (κ2) is 10.4. The monoisotopic (exact) mass is 480 g/mol. The number of nitrogens with one attached hydrogen (secondary N) is 2. The number of hydrogen-bond donors (Lipinski definition) is 2. The standard InChI is InChI=1S/C26H28N2O7/c1-15-12-22(29)35-21-13-19(10-11-20(15)21)33-14-17-6-8-18(9-7-17)24(31)34-16(2)23(30)27-25(32)28-26(3,4)5/h6-13,16H,14H2,1-5H3,(H2,27,28,30,32). The number of hydrogen-bond acceptors (Lipinski definition) is 7. The molecule has 2 aromatic carbocycles. The maximum absolute atomic E-state index is 12.4. The van der Waals surface area contributed by atoms with E-state index in [-0.39, 0.29) is 12.2 Å². The van der Waals surface area contributed by atoms with Gasteiger partial charge in [-0.15, -0.1) is 0 Å². The highest BCUT2D eigenvalue weighted by molar-refractivity contribution is 5.98. The van der Waals surface area contributed by atoms with Crippen molar-refractivity contribution >= 4 is 28.9 Å². The molecule has 0 aliphatic rings. The summed E-state index contributed by atoms with van der Waals surface area (Å²) in [5.41, 5.74) is 1.37. The first-order chi connectivity index (χ1) is 16.4. The lowest BCUT2D eigenvalue weighted by molar-refractivity contribution is -0.127. The second-order valence-corrected chi connectivity index (χ2v) is 9.13. The van der Waals surface area contributed by atoms with Gasteiger partial charge in [0.1, 0.15) is 17.9 Å². The molecule has 1 unspecified atom stereocenters. The Hall–Kier alpha value is -4.14. The third-order valence-electron chi connectivity index (χ3n) is 4.90. The zero-order valence-electron chi connectivity index (χ0n) is 20.3. The molecule has 184 valence electrons. The van der Waals surface area contributed by atoms with Gasteiger partial charge in [-0.05, 0) is 70.0 Å². The molecule has 9 heteroatoms. The number of amides is 3. The number of rotatable bonds is 6. The van der Waals surface area contributed by atoms with Crippen molar-refractivity contribution in [1.29, 1.82) is 0 Å². The number of imide groups is 1. The van der Waals surface area contributed by atoms with Gasteiger partial charge >= 0.3 is 17.6 Å². The zero-order chi connectivity index (χ0) is 25.8. The molecule has 0 aliphatic heterocycles. The molecule has 9 nitrogen and oxygen atoms in total. The van der Waals surface area contributed by atoms with Crippen molar-refractivity contribution in [1.82, 2.24) is 10.6 Å². The van der Waals surface area contributed by atoms with Crippen LogP contribution in [0.3, 0.4) is 0 Å². The first kappa shape index (κ1) is 25.5. The summed E-state index contributed by atoms with van der Waals surface area (Å²) in [7, 11) is 0.